The smallest absolute Gasteiger partial charge is 0.227 e. The van der Waals surface area contributed by atoms with Gasteiger partial charge < -0.3 is 14.6 Å². The van der Waals surface area contributed by atoms with Gasteiger partial charge in [0, 0.05) is 32.0 Å². The molecule has 2 aliphatic rings. The van der Waals surface area contributed by atoms with E-state index in [9.17, 15) is 9.59 Å². The Kier molecular flexibility index (Phi) is 3.96. The van der Waals surface area contributed by atoms with Crippen LogP contribution in [0.4, 0.5) is 0 Å². The largest absolute Gasteiger partial charge is 0.440 e. The van der Waals surface area contributed by atoms with Crippen molar-refractivity contribution in [3.8, 4) is 0 Å². The van der Waals surface area contributed by atoms with Gasteiger partial charge in [-0.2, -0.15) is 0 Å². The van der Waals surface area contributed by atoms with Crippen molar-refractivity contribution in [1.82, 2.24) is 15.2 Å². The first-order chi connectivity index (χ1) is 11.7. The lowest BCUT2D eigenvalue weighted by atomic mass is 9.93. The average Bonchev–Trinajstić information content (AvgIpc) is 3.06. The van der Waals surface area contributed by atoms with Crippen molar-refractivity contribution in [2.75, 3.05) is 19.6 Å². The molecule has 6 heteroatoms. The summed E-state index contributed by atoms with van der Waals surface area (Å²) in [5.74, 6) is 1.21. The third kappa shape index (κ3) is 2.88. The summed E-state index contributed by atoms with van der Waals surface area (Å²) >= 11 is 0. The van der Waals surface area contributed by atoms with Gasteiger partial charge in [-0.25, -0.2) is 4.98 Å². The highest BCUT2D eigenvalue weighted by atomic mass is 16.3. The van der Waals surface area contributed by atoms with Gasteiger partial charge in [-0.15, -0.1) is 0 Å². The monoisotopic (exact) mass is 327 g/mol. The second-order valence-corrected chi connectivity index (χ2v) is 6.66. The molecule has 3 heterocycles. The minimum Gasteiger partial charge on any atom is -0.440 e. The predicted molar refractivity (Wildman–Crippen MR) is 88.3 cm³/mol. The Bertz CT molecular complexity index is 719. The maximum Gasteiger partial charge on any atom is 0.227 e. The van der Waals surface area contributed by atoms with Crippen LogP contribution in [0.5, 0.6) is 0 Å². The first-order valence-electron chi connectivity index (χ1n) is 8.61. The average molecular weight is 327 g/mol. The van der Waals surface area contributed by atoms with Gasteiger partial charge in [-0.1, -0.05) is 12.1 Å². The molecule has 0 aliphatic carbocycles. The van der Waals surface area contributed by atoms with Crippen molar-refractivity contribution in [3.05, 3.63) is 30.2 Å². The van der Waals surface area contributed by atoms with Crippen LogP contribution in [0.2, 0.25) is 0 Å². The van der Waals surface area contributed by atoms with E-state index in [0.29, 0.717) is 19.4 Å². The first kappa shape index (κ1) is 15.2. The number of fused-ring (bicyclic) bond motifs is 1. The summed E-state index contributed by atoms with van der Waals surface area (Å²) in [5, 5.41) is 2.79. The third-order valence-electron chi connectivity index (χ3n) is 5.08. The van der Waals surface area contributed by atoms with E-state index < -0.39 is 0 Å². The Morgan fingerprint density at radius 1 is 1.21 bits per heavy atom. The molecule has 0 saturated carbocycles. The molecule has 0 bridgehead atoms. The Balaban J connectivity index is 1.37. The van der Waals surface area contributed by atoms with Gasteiger partial charge in [-0.05, 0) is 31.4 Å². The Morgan fingerprint density at radius 3 is 2.71 bits per heavy atom. The molecule has 0 radical (unpaired) electrons. The quantitative estimate of drug-likeness (QED) is 0.916. The number of para-hydroxylation sites is 2. The number of aromatic nitrogens is 1. The van der Waals surface area contributed by atoms with Crippen LogP contribution in [0.25, 0.3) is 11.1 Å². The van der Waals surface area contributed by atoms with Gasteiger partial charge in [0.25, 0.3) is 0 Å². The summed E-state index contributed by atoms with van der Waals surface area (Å²) in [6.07, 6.45) is 2.86. The second kappa shape index (κ2) is 6.26. The lowest BCUT2D eigenvalue weighted by molar-refractivity contribution is -0.138. The van der Waals surface area contributed by atoms with Crippen LogP contribution >= 0.6 is 0 Å². The number of likely N-dealkylation sites (tertiary alicyclic amines) is 1. The molecule has 1 N–H and O–H groups in total. The molecule has 2 aromatic rings. The highest BCUT2D eigenvalue weighted by Crippen LogP contribution is 2.30. The zero-order valence-electron chi connectivity index (χ0n) is 13.5. The number of carbonyl (C=O) groups is 2. The van der Waals surface area contributed by atoms with Crippen LogP contribution in [0.15, 0.2) is 28.7 Å². The molecule has 0 spiro atoms. The predicted octanol–water partition coefficient (Wildman–Crippen LogP) is 2.06. The van der Waals surface area contributed by atoms with E-state index in [2.05, 4.69) is 10.3 Å². The minimum absolute atomic E-state index is 0.0497. The molecule has 24 heavy (non-hydrogen) atoms. The van der Waals surface area contributed by atoms with Crippen molar-refractivity contribution < 1.29 is 14.0 Å². The summed E-state index contributed by atoms with van der Waals surface area (Å²) in [4.78, 5) is 30.3. The van der Waals surface area contributed by atoms with Crippen molar-refractivity contribution >= 4 is 22.9 Å². The summed E-state index contributed by atoms with van der Waals surface area (Å²) in [6, 6.07) is 7.79. The summed E-state index contributed by atoms with van der Waals surface area (Å²) in [5.41, 5.74) is 1.72. The van der Waals surface area contributed by atoms with Crippen molar-refractivity contribution in [2.45, 2.75) is 31.6 Å². The maximum absolute atomic E-state index is 12.6. The number of benzene rings is 1. The lowest BCUT2D eigenvalue weighted by Gasteiger charge is -2.34. The molecule has 1 aromatic carbocycles. The Morgan fingerprint density at radius 2 is 2.00 bits per heavy atom. The fraction of sp³-hybridized carbons (Fsp3) is 0.500. The molecular weight excluding hydrogens is 306 g/mol. The van der Waals surface area contributed by atoms with Gasteiger partial charge in [0.2, 0.25) is 11.8 Å². The number of nitrogens with zero attached hydrogens (tertiary/aromatic N) is 2. The van der Waals surface area contributed by atoms with E-state index in [1.807, 2.05) is 29.2 Å². The minimum atomic E-state index is -0.0661. The van der Waals surface area contributed by atoms with E-state index in [1.54, 1.807) is 0 Å². The number of rotatable bonds is 2. The molecular formula is C18H21N3O3. The number of piperidine rings is 2. The maximum atomic E-state index is 12.6. The lowest BCUT2D eigenvalue weighted by Crippen LogP contribution is -2.47. The number of amides is 2. The fourth-order valence-electron chi connectivity index (χ4n) is 3.61. The number of hydrogen-bond acceptors (Lipinski definition) is 4. The zero-order valence-corrected chi connectivity index (χ0v) is 13.5. The third-order valence-corrected chi connectivity index (χ3v) is 5.08. The summed E-state index contributed by atoms with van der Waals surface area (Å²) in [6.45, 7) is 1.93. The van der Waals surface area contributed by atoms with Crippen molar-refractivity contribution in [2.24, 2.45) is 5.92 Å². The summed E-state index contributed by atoms with van der Waals surface area (Å²) in [7, 11) is 0. The Hall–Kier alpha value is -2.37. The first-order valence-corrected chi connectivity index (χ1v) is 8.61. The molecule has 6 nitrogen and oxygen atoms in total. The van der Waals surface area contributed by atoms with E-state index >= 15 is 0 Å². The summed E-state index contributed by atoms with van der Waals surface area (Å²) < 4.78 is 5.87. The van der Waals surface area contributed by atoms with Crippen LogP contribution < -0.4 is 5.32 Å². The number of nitrogens with one attached hydrogen (secondary N) is 1. The molecule has 126 valence electrons. The number of carbonyl (C=O) groups excluding carboxylic acids is 2. The second-order valence-electron chi connectivity index (χ2n) is 6.66. The topological polar surface area (TPSA) is 75.4 Å². The standard InChI is InChI=1S/C18H21N3O3/c22-16-6-5-13(11-19-16)18(23)21-9-7-12(8-10-21)17-20-14-3-1-2-4-15(14)24-17/h1-4,12-13H,5-11H2,(H,19,22)/t13-/m1/s1. The van der Waals surface area contributed by atoms with Crippen molar-refractivity contribution in [1.29, 1.82) is 0 Å². The highest BCUT2D eigenvalue weighted by molar-refractivity contribution is 5.83. The highest BCUT2D eigenvalue weighted by Gasteiger charge is 2.32. The van der Waals surface area contributed by atoms with Crippen LogP contribution in [0.1, 0.15) is 37.5 Å². The van der Waals surface area contributed by atoms with Crippen molar-refractivity contribution in [3.63, 3.8) is 0 Å². The van der Waals surface area contributed by atoms with Gasteiger partial charge >= 0.3 is 0 Å². The Labute approximate surface area is 140 Å². The molecule has 1 aromatic heterocycles. The molecule has 2 saturated heterocycles. The van der Waals surface area contributed by atoms with E-state index in [0.717, 1.165) is 42.9 Å². The van der Waals surface area contributed by atoms with E-state index in [-0.39, 0.29) is 23.7 Å². The normalized spacial score (nSPS) is 22.6. The van der Waals surface area contributed by atoms with Gasteiger partial charge in [0.05, 0.1) is 5.92 Å². The zero-order chi connectivity index (χ0) is 16.5. The van der Waals surface area contributed by atoms with Crippen LogP contribution in [0, 0.1) is 5.92 Å². The van der Waals surface area contributed by atoms with Crippen LogP contribution in [0.3, 0.4) is 0 Å². The number of hydrogen-bond donors (Lipinski definition) is 1. The van der Waals surface area contributed by atoms with E-state index in [1.165, 1.54) is 0 Å². The molecule has 4 rings (SSSR count). The van der Waals surface area contributed by atoms with E-state index in [4.69, 9.17) is 4.42 Å². The van der Waals surface area contributed by atoms with Crippen LogP contribution in [-0.2, 0) is 9.59 Å². The van der Waals surface area contributed by atoms with Gasteiger partial charge in [0.1, 0.15) is 5.52 Å². The molecule has 0 unspecified atom stereocenters. The number of oxazole rings is 1. The molecule has 2 fully saturated rings. The van der Waals surface area contributed by atoms with Crippen LogP contribution in [-0.4, -0.2) is 41.3 Å². The molecule has 2 aliphatic heterocycles. The SMILES string of the molecule is O=C1CC[C@@H](C(=O)N2CCC(c3nc4ccccc4o3)CC2)CN1. The van der Waals surface area contributed by atoms with Gasteiger partial charge in [-0.3, -0.25) is 9.59 Å². The van der Waals surface area contributed by atoms with Gasteiger partial charge in [0.15, 0.2) is 11.5 Å². The molecule has 2 amide bonds. The molecule has 1 atom stereocenters. The fourth-order valence-corrected chi connectivity index (χ4v) is 3.61.